The van der Waals surface area contributed by atoms with Gasteiger partial charge in [0.2, 0.25) is 0 Å². The Hall–Kier alpha value is -3.87. The van der Waals surface area contributed by atoms with E-state index in [1.165, 1.54) is 44.2 Å². The summed E-state index contributed by atoms with van der Waals surface area (Å²) in [5.41, 5.74) is 13.6. The van der Waals surface area contributed by atoms with Crippen molar-refractivity contribution in [3.05, 3.63) is 142 Å². The summed E-state index contributed by atoms with van der Waals surface area (Å²) < 4.78 is 0. The number of fused-ring (bicyclic) bond motifs is 7. The Kier molecular flexibility index (Phi) is 8.06. The standard InChI is InChI=1S/C43H45N2P/c1-42(2,3)46(43(4,5)6)28-36-29-16-11-17-30(36)25-27-32-15-8-10-23-38(32)45-41-35-21-13-19-33-18-12-20-34(39(33)35)40(41)44-37-22-9-7-14-31(37)26-24-29/h7-23H,24-28H2,1-6H3. The van der Waals surface area contributed by atoms with Crippen LogP contribution >= 0.6 is 7.92 Å². The van der Waals surface area contributed by atoms with Gasteiger partial charge in [0.15, 0.2) is 0 Å². The summed E-state index contributed by atoms with van der Waals surface area (Å²) in [7, 11) is -0.281. The molecule has 0 radical (unpaired) electrons. The van der Waals surface area contributed by atoms with Crippen LogP contribution in [0.5, 0.6) is 0 Å². The molecule has 2 bridgehead atoms. The van der Waals surface area contributed by atoms with E-state index in [0.29, 0.717) is 0 Å². The summed E-state index contributed by atoms with van der Waals surface area (Å²) >= 11 is 0. The molecule has 0 saturated heterocycles. The van der Waals surface area contributed by atoms with E-state index in [-0.39, 0.29) is 18.2 Å². The van der Waals surface area contributed by atoms with Gasteiger partial charge in [0.25, 0.3) is 0 Å². The third kappa shape index (κ3) is 5.89. The van der Waals surface area contributed by atoms with Crippen LogP contribution in [0.1, 0.15) is 80.5 Å². The SMILES string of the molecule is CC(C)(C)P(Cc1c2cccc1CCc1ccccc1N=C1C(=Nc3ccccc3CC2)c2cccc3cccc1c23)C(C)(C)C. The minimum Gasteiger partial charge on any atom is -0.246 e. The quantitative estimate of drug-likeness (QED) is 0.175. The summed E-state index contributed by atoms with van der Waals surface area (Å²) in [5, 5.41) is 3.02. The number of rotatable bonds is 2. The highest BCUT2D eigenvalue weighted by molar-refractivity contribution is 7.60. The molecule has 5 aromatic rings. The Morgan fingerprint density at radius 1 is 0.500 bits per heavy atom. The molecule has 0 N–H and O–H groups in total. The number of benzene rings is 5. The second-order valence-electron chi connectivity index (χ2n) is 14.9. The van der Waals surface area contributed by atoms with Crippen molar-refractivity contribution >= 4 is 41.5 Å². The molecule has 1 aliphatic carbocycles. The molecule has 0 saturated carbocycles. The highest BCUT2D eigenvalue weighted by Gasteiger charge is 2.35. The maximum Gasteiger partial charge on any atom is 0.0978 e. The zero-order chi connectivity index (χ0) is 32.1. The van der Waals surface area contributed by atoms with Gasteiger partial charge in [-0.2, -0.15) is 0 Å². The molecule has 0 aromatic heterocycles. The van der Waals surface area contributed by atoms with Crippen LogP contribution in [0.15, 0.2) is 113 Å². The first-order valence-corrected chi connectivity index (χ1v) is 18.3. The summed E-state index contributed by atoms with van der Waals surface area (Å²) in [4.78, 5) is 11.0. The second kappa shape index (κ2) is 12.1. The molecule has 1 heterocycles. The fourth-order valence-electron chi connectivity index (χ4n) is 7.66. The summed E-state index contributed by atoms with van der Waals surface area (Å²) in [5.74, 6) is 0. The van der Waals surface area contributed by atoms with Gasteiger partial charge in [-0.25, -0.2) is 9.98 Å². The first-order chi connectivity index (χ1) is 22.1. The van der Waals surface area contributed by atoms with Crippen molar-refractivity contribution in [2.75, 3.05) is 0 Å². The van der Waals surface area contributed by atoms with E-state index < -0.39 is 0 Å². The Morgan fingerprint density at radius 2 is 0.913 bits per heavy atom. The average molecular weight is 621 g/mol. The molecule has 0 fully saturated rings. The molecule has 1 aliphatic heterocycles. The lowest BCUT2D eigenvalue weighted by Crippen LogP contribution is -2.26. The molecular formula is C43H45N2P. The molecular weight excluding hydrogens is 575 g/mol. The summed E-state index contributed by atoms with van der Waals surface area (Å²) in [6.07, 6.45) is 5.08. The van der Waals surface area contributed by atoms with Gasteiger partial charge in [-0.1, -0.05) is 140 Å². The molecule has 0 spiro atoms. The van der Waals surface area contributed by atoms with Gasteiger partial charge in [-0.15, -0.1) is 0 Å². The molecule has 5 aromatic carbocycles. The lowest BCUT2D eigenvalue weighted by Gasteiger charge is -2.42. The first kappa shape index (κ1) is 30.8. The lowest BCUT2D eigenvalue weighted by molar-refractivity contribution is 0.701. The molecule has 46 heavy (non-hydrogen) atoms. The normalized spacial score (nSPS) is 14.9. The average Bonchev–Trinajstić information content (AvgIpc) is 3.31. The number of nitrogens with zero attached hydrogens (tertiary/aromatic N) is 2. The zero-order valence-corrected chi connectivity index (χ0v) is 29.1. The molecule has 0 unspecified atom stereocenters. The van der Waals surface area contributed by atoms with Gasteiger partial charge in [0, 0.05) is 16.5 Å². The van der Waals surface area contributed by atoms with Crippen LogP contribution in [-0.4, -0.2) is 21.7 Å². The highest BCUT2D eigenvalue weighted by Crippen LogP contribution is 2.61. The Labute approximate surface area is 276 Å². The molecule has 232 valence electrons. The van der Waals surface area contributed by atoms with Crippen molar-refractivity contribution in [1.82, 2.24) is 0 Å². The predicted octanol–water partition coefficient (Wildman–Crippen LogP) is 11.6. The van der Waals surface area contributed by atoms with Crippen LogP contribution in [0.25, 0.3) is 10.8 Å². The molecule has 2 nitrogen and oxygen atoms in total. The molecule has 3 heteroatoms. The van der Waals surface area contributed by atoms with Crippen molar-refractivity contribution in [1.29, 1.82) is 0 Å². The number of aryl methyl sites for hydroxylation is 4. The zero-order valence-electron chi connectivity index (χ0n) is 28.2. The fraction of sp³-hybridized carbons (Fsp3) is 0.302. The molecule has 0 amide bonds. The number of aliphatic imine (C=N–C) groups is 2. The minimum absolute atomic E-state index is 0.263. The molecule has 0 atom stereocenters. The van der Waals surface area contributed by atoms with Gasteiger partial charge < -0.3 is 0 Å². The maximum atomic E-state index is 5.48. The van der Waals surface area contributed by atoms with E-state index in [0.717, 1.165) is 54.6 Å². The van der Waals surface area contributed by atoms with Gasteiger partial charge in [0.1, 0.15) is 0 Å². The largest absolute Gasteiger partial charge is 0.246 e. The second-order valence-corrected chi connectivity index (χ2v) is 18.7. The molecule has 2 aliphatic rings. The first-order valence-electron chi connectivity index (χ1n) is 16.8. The van der Waals surface area contributed by atoms with Gasteiger partial charge >= 0.3 is 0 Å². The van der Waals surface area contributed by atoms with Gasteiger partial charge in [-0.3, -0.25) is 0 Å². The van der Waals surface area contributed by atoms with E-state index in [1.807, 2.05) is 0 Å². The Morgan fingerprint density at radius 3 is 1.39 bits per heavy atom. The van der Waals surface area contributed by atoms with E-state index in [9.17, 15) is 0 Å². The summed E-state index contributed by atoms with van der Waals surface area (Å²) in [6, 6.07) is 37.7. The Bertz CT molecular complexity index is 1870. The van der Waals surface area contributed by atoms with Crippen molar-refractivity contribution in [2.24, 2.45) is 9.98 Å². The topological polar surface area (TPSA) is 24.7 Å². The minimum atomic E-state index is -0.281. The highest BCUT2D eigenvalue weighted by atomic mass is 31.1. The summed E-state index contributed by atoms with van der Waals surface area (Å²) in [6.45, 7) is 14.7. The van der Waals surface area contributed by atoms with E-state index in [2.05, 4.69) is 145 Å². The lowest BCUT2D eigenvalue weighted by atomic mass is 9.93. The fourth-order valence-corrected chi connectivity index (χ4v) is 11.3. The van der Waals surface area contributed by atoms with E-state index in [4.69, 9.17) is 9.98 Å². The van der Waals surface area contributed by atoms with Crippen LogP contribution in [0, 0.1) is 0 Å². The number of hydrogen-bond acceptors (Lipinski definition) is 2. The van der Waals surface area contributed by atoms with Crippen molar-refractivity contribution in [3.8, 4) is 0 Å². The van der Waals surface area contributed by atoms with Crippen LogP contribution in [0.4, 0.5) is 11.4 Å². The van der Waals surface area contributed by atoms with E-state index in [1.54, 1.807) is 5.56 Å². The number of hydrogen-bond donors (Lipinski definition) is 0. The van der Waals surface area contributed by atoms with Crippen molar-refractivity contribution in [2.45, 2.75) is 83.7 Å². The number of para-hydroxylation sites is 2. The monoisotopic (exact) mass is 620 g/mol. The van der Waals surface area contributed by atoms with Crippen molar-refractivity contribution < 1.29 is 0 Å². The van der Waals surface area contributed by atoms with Gasteiger partial charge in [0.05, 0.1) is 22.8 Å². The molecule has 7 rings (SSSR count). The van der Waals surface area contributed by atoms with E-state index >= 15 is 0 Å². The van der Waals surface area contributed by atoms with Crippen LogP contribution in [0.3, 0.4) is 0 Å². The van der Waals surface area contributed by atoms with Crippen LogP contribution in [0.2, 0.25) is 0 Å². The predicted molar refractivity (Wildman–Crippen MR) is 201 cm³/mol. The van der Waals surface area contributed by atoms with Crippen LogP contribution in [-0.2, 0) is 31.8 Å². The van der Waals surface area contributed by atoms with Crippen LogP contribution < -0.4 is 0 Å². The third-order valence-electron chi connectivity index (χ3n) is 9.72. The van der Waals surface area contributed by atoms with Crippen molar-refractivity contribution in [3.63, 3.8) is 0 Å². The maximum absolute atomic E-state index is 5.48. The smallest absolute Gasteiger partial charge is 0.0978 e. The third-order valence-corrected chi connectivity index (χ3v) is 13.6. The Balaban J connectivity index is 1.42. The van der Waals surface area contributed by atoms with Gasteiger partial charge in [-0.05, 0) is 87.5 Å².